The summed E-state index contributed by atoms with van der Waals surface area (Å²) in [5, 5.41) is 0. The van der Waals surface area contributed by atoms with Gasteiger partial charge in [0.15, 0.2) is 0 Å². The molecular formula is C9H18N2O4. The Morgan fingerprint density at radius 3 is 2.87 bits per heavy atom. The summed E-state index contributed by atoms with van der Waals surface area (Å²) >= 11 is 0. The van der Waals surface area contributed by atoms with Crippen molar-refractivity contribution in [2.24, 2.45) is 5.73 Å². The molecule has 1 saturated carbocycles. The molecule has 88 valence electrons. The lowest BCUT2D eigenvalue weighted by Crippen LogP contribution is -2.59. The van der Waals surface area contributed by atoms with Crippen molar-refractivity contribution in [3.05, 3.63) is 0 Å². The van der Waals surface area contributed by atoms with Crippen molar-refractivity contribution < 1.29 is 19.1 Å². The zero-order valence-electron chi connectivity index (χ0n) is 9.06. The average molecular weight is 218 g/mol. The monoisotopic (exact) mass is 218 g/mol. The van der Waals surface area contributed by atoms with Crippen LogP contribution in [0.15, 0.2) is 0 Å². The van der Waals surface area contributed by atoms with E-state index in [-0.39, 0.29) is 24.9 Å². The Balaban J connectivity index is 2.18. The van der Waals surface area contributed by atoms with Crippen LogP contribution in [0.1, 0.15) is 13.3 Å². The maximum atomic E-state index is 10.4. The van der Waals surface area contributed by atoms with Gasteiger partial charge in [0.2, 0.25) is 5.91 Å². The third-order valence-electron chi connectivity index (χ3n) is 2.35. The number of hydrogen-bond donors (Lipinski definition) is 2. The van der Waals surface area contributed by atoms with Gasteiger partial charge in [-0.05, 0) is 13.3 Å². The highest BCUT2D eigenvalue weighted by Crippen LogP contribution is 2.26. The second-order valence-corrected chi connectivity index (χ2v) is 3.41. The molecule has 1 fully saturated rings. The van der Waals surface area contributed by atoms with Crippen molar-refractivity contribution >= 4 is 5.91 Å². The van der Waals surface area contributed by atoms with Crippen molar-refractivity contribution in [2.75, 3.05) is 20.3 Å². The van der Waals surface area contributed by atoms with Gasteiger partial charge >= 0.3 is 0 Å². The number of amides is 1. The van der Waals surface area contributed by atoms with Crippen LogP contribution in [0, 0.1) is 0 Å². The molecule has 3 N–H and O–H groups in total. The van der Waals surface area contributed by atoms with Crippen molar-refractivity contribution in [2.45, 2.75) is 31.6 Å². The maximum absolute atomic E-state index is 10.4. The molecule has 6 heteroatoms. The van der Waals surface area contributed by atoms with E-state index in [1.807, 2.05) is 6.92 Å². The SMILES string of the molecule is CCOC1CC(NOCC(N)=O)C1OC. The Labute approximate surface area is 89.0 Å². The van der Waals surface area contributed by atoms with E-state index < -0.39 is 5.91 Å². The van der Waals surface area contributed by atoms with E-state index in [2.05, 4.69) is 5.48 Å². The molecule has 0 bridgehead atoms. The van der Waals surface area contributed by atoms with E-state index in [0.717, 1.165) is 6.42 Å². The van der Waals surface area contributed by atoms with E-state index in [1.54, 1.807) is 7.11 Å². The fourth-order valence-corrected chi connectivity index (χ4v) is 1.61. The number of nitrogens with one attached hydrogen (secondary N) is 1. The Morgan fingerprint density at radius 1 is 1.60 bits per heavy atom. The average Bonchev–Trinajstić information content (AvgIpc) is 2.15. The normalized spacial score (nSPS) is 29.9. The lowest BCUT2D eigenvalue weighted by atomic mass is 9.86. The van der Waals surface area contributed by atoms with Crippen LogP contribution in [0.3, 0.4) is 0 Å². The first-order chi connectivity index (χ1) is 7.19. The van der Waals surface area contributed by atoms with Crippen LogP contribution in [-0.4, -0.2) is 44.5 Å². The molecule has 1 amide bonds. The zero-order valence-corrected chi connectivity index (χ0v) is 9.06. The van der Waals surface area contributed by atoms with Gasteiger partial charge in [-0.15, -0.1) is 0 Å². The van der Waals surface area contributed by atoms with Gasteiger partial charge in [0.25, 0.3) is 0 Å². The molecule has 0 spiro atoms. The Bertz CT molecular complexity index is 212. The summed E-state index contributed by atoms with van der Waals surface area (Å²) in [7, 11) is 1.62. The molecule has 0 heterocycles. The molecule has 3 unspecified atom stereocenters. The predicted molar refractivity (Wildman–Crippen MR) is 52.9 cm³/mol. The van der Waals surface area contributed by atoms with Crippen molar-refractivity contribution in [1.29, 1.82) is 0 Å². The van der Waals surface area contributed by atoms with Crippen molar-refractivity contribution in [3.8, 4) is 0 Å². The summed E-state index contributed by atoms with van der Waals surface area (Å²) in [6, 6.07) is 0.0610. The van der Waals surface area contributed by atoms with E-state index in [0.29, 0.717) is 6.61 Å². The number of methoxy groups -OCH3 is 1. The standard InChI is InChI=1S/C9H18N2O4/c1-3-14-7-4-6(9(7)13-2)11-15-5-8(10)12/h6-7,9,11H,3-5H2,1-2H3,(H2,10,12). The van der Waals surface area contributed by atoms with E-state index in [4.69, 9.17) is 20.0 Å². The third kappa shape index (κ3) is 3.42. The summed E-state index contributed by atoms with van der Waals surface area (Å²) in [4.78, 5) is 15.3. The number of ether oxygens (including phenoxy) is 2. The molecule has 15 heavy (non-hydrogen) atoms. The van der Waals surface area contributed by atoms with Crippen LogP contribution < -0.4 is 11.2 Å². The van der Waals surface area contributed by atoms with Gasteiger partial charge < -0.3 is 15.2 Å². The molecule has 0 aromatic heterocycles. The fourth-order valence-electron chi connectivity index (χ4n) is 1.61. The molecule has 1 aliphatic rings. The highest BCUT2D eigenvalue weighted by Gasteiger charge is 2.42. The number of hydrogen-bond acceptors (Lipinski definition) is 5. The van der Waals surface area contributed by atoms with Crippen molar-refractivity contribution in [3.63, 3.8) is 0 Å². The summed E-state index contributed by atoms with van der Waals surface area (Å²) in [6.07, 6.45) is 0.887. The zero-order chi connectivity index (χ0) is 11.3. The van der Waals surface area contributed by atoms with Crippen LogP contribution >= 0.6 is 0 Å². The van der Waals surface area contributed by atoms with E-state index in [9.17, 15) is 4.79 Å². The second kappa shape index (κ2) is 6.02. The van der Waals surface area contributed by atoms with Gasteiger partial charge in [-0.25, -0.2) is 0 Å². The molecule has 6 nitrogen and oxygen atoms in total. The number of hydroxylamine groups is 1. The molecule has 0 aromatic carbocycles. The lowest BCUT2D eigenvalue weighted by Gasteiger charge is -2.42. The van der Waals surface area contributed by atoms with E-state index in [1.165, 1.54) is 0 Å². The van der Waals surface area contributed by atoms with E-state index >= 15 is 0 Å². The van der Waals surface area contributed by atoms with Crippen LogP contribution in [0.5, 0.6) is 0 Å². The quantitative estimate of drug-likeness (QED) is 0.546. The molecular weight excluding hydrogens is 200 g/mol. The highest BCUT2D eigenvalue weighted by atomic mass is 16.7. The Kier molecular flexibility index (Phi) is 4.97. The molecule has 0 aliphatic heterocycles. The van der Waals surface area contributed by atoms with Gasteiger partial charge in [0.05, 0.1) is 12.1 Å². The molecule has 1 aliphatic carbocycles. The molecule has 0 radical (unpaired) electrons. The van der Waals surface area contributed by atoms with Gasteiger partial charge in [0.1, 0.15) is 12.7 Å². The van der Waals surface area contributed by atoms with Gasteiger partial charge in [-0.1, -0.05) is 0 Å². The predicted octanol–water partition coefficient (Wildman–Crippen LogP) is -0.815. The first-order valence-corrected chi connectivity index (χ1v) is 4.99. The van der Waals surface area contributed by atoms with Crippen molar-refractivity contribution in [1.82, 2.24) is 5.48 Å². The molecule has 0 saturated heterocycles. The lowest BCUT2D eigenvalue weighted by molar-refractivity contribution is -0.165. The molecule has 3 atom stereocenters. The molecule has 0 aromatic rings. The largest absolute Gasteiger partial charge is 0.377 e. The first-order valence-electron chi connectivity index (χ1n) is 4.99. The highest BCUT2D eigenvalue weighted by molar-refractivity contribution is 5.74. The summed E-state index contributed by atoms with van der Waals surface area (Å²) in [5.74, 6) is -0.503. The summed E-state index contributed by atoms with van der Waals surface area (Å²) in [6.45, 7) is 2.47. The topological polar surface area (TPSA) is 82.8 Å². The number of nitrogens with two attached hydrogens (primary N) is 1. The second-order valence-electron chi connectivity index (χ2n) is 3.41. The summed E-state index contributed by atoms with van der Waals surface area (Å²) in [5.41, 5.74) is 7.65. The van der Waals surface area contributed by atoms with Crippen LogP contribution in [0.4, 0.5) is 0 Å². The minimum Gasteiger partial charge on any atom is -0.377 e. The summed E-state index contributed by atoms with van der Waals surface area (Å²) < 4.78 is 10.7. The molecule has 1 rings (SSSR count). The van der Waals surface area contributed by atoms with Crippen LogP contribution in [0.2, 0.25) is 0 Å². The first kappa shape index (κ1) is 12.4. The number of carbonyl (C=O) groups excluding carboxylic acids is 1. The Morgan fingerprint density at radius 2 is 2.33 bits per heavy atom. The Hall–Kier alpha value is -0.690. The number of carbonyl (C=O) groups is 1. The smallest absolute Gasteiger partial charge is 0.245 e. The third-order valence-corrected chi connectivity index (χ3v) is 2.35. The minimum absolute atomic E-state index is 0.0298. The van der Waals surface area contributed by atoms with Crippen LogP contribution in [0.25, 0.3) is 0 Å². The van der Waals surface area contributed by atoms with Gasteiger partial charge in [0, 0.05) is 13.7 Å². The minimum atomic E-state index is -0.503. The van der Waals surface area contributed by atoms with Crippen LogP contribution in [-0.2, 0) is 19.1 Å². The van der Waals surface area contributed by atoms with Gasteiger partial charge in [-0.3, -0.25) is 9.63 Å². The maximum Gasteiger partial charge on any atom is 0.245 e. The fraction of sp³-hybridized carbons (Fsp3) is 0.889. The van der Waals surface area contributed by atoms with Gasteiger partial charge in [-0.2, -0.15) is 5.48 Å². The number of rotatable bonds is 7. The number of primary amides is 1.